The minimum Gasteiger partial charge on any atom is -0.481 e. The first-order valence-electron chi connectivity index (χ1n) is 11.2. The zero-order valence-corrected chi connectivity index (χ0v) is 20.0. The smallest absolute Gasteiger partial charge is 0.307 e. The average Bonchev–Trinajstić information content (AvgIpc) is 2.73. The fourth-order valence-corrected chi connectivity index (χ4v) is 6.06. The summed E-state index contributed by atoms with van der Waals surface area (Å²) >= 11 is 1.63. The molecule has 0 bridgehead atoms. The predicted molar refractivity (Wildman–Crippen MR) is 126 cm³/mol. The van der Waals surface area contributed by atoms with E-state index in [-0.39, 0.29) is 17.3 Å². The van der Waals surface area contributed by atoms with Gasteiger partial charge in [-0.1, -0.05) is 58.9 Å². The summed E-state index contributed by atoms with van der Waals surface area (Å²) in [5, 5.41) is 14.1. The van der Waals surface area contributed by atoms with Gasteiger partial charge in [-0.15, -0.1) is 0 Å². The molecule has 0 radical (unpaired) electrons. The van der Waals surface area contributed by atoms with Gasteiger partial charge in [0.25, 0.3) is 0 Å². The molecule has 1 saturated heterocycles. The Balaban J connectivity index is 0.00000132. The van der Waals surface area contributed by atoms with E-state index >= 15 is 0 Å². The summed E-state index contributed by atoms with van der Waals surface area (Å²) in [5.41, 5.74) is 2.09. The van der Waals surface area contributed by atoms with Gasteiger partial charge in [0.1, 0.15) is 5.03 Å². The number of hydrogen-bond acceptors (Lipinski definition) is 6. The number of carboxylic acids is 1. The van der Waals surface area contributed by atoms with Crippen molar-refractivity contribution >= 4 is 29.2 Å². The van der Waals surface area contributed by atoms with Crippen LogP contribution in [0.1, 0.15) is 53.0 Å². The number of fused-ring (bicyclic) bond motifs is 2. The van der Waals surface area contributed by atoms with Gasteiger partial charge in [0.15, 0.2) is 5.82 Å². The van der Waals surface area contributed by atoms with Crippen molar-refractivity contribution in [3.8, 4) is 0 Å². The second-order valence-corrected chi connectivity index (χ2v) is 9.67. The Morgan fingerprint density at radius 1 is 1.32 bits per heavy atom. The lowest BCUT2D eigenvalue weighted by Crippen LogP contribution is -2.53. The molecule has 3 atom stereocenters. The number of anilines is 2. The minimum absolute atomic E-state index is 0.131. The number of piperidine rings is 1. The molecule has 2 N–H and O–H groups in total. The fraction of sp³-hybridized carbons (Fsp3) is 0.542. The molecule has 1 aromatic carbocycles. The van der Waals surface area contributed by atoms with Gasteiger partial charge < -0.3 is 10.4 Å². The average molecular weight is 443 g/mol. The van der Waals surface area contributed by atoms with Gasteiger partial charge in [-0.05, 0) is 35.4 Å². The maximum absolute atomic E-state index is 11.9. The summed E-state index contributed by atoms with van der Waals surface area (Å²) in [6, 6.07) is 6.49. The van der Waals surface area contributed by atoms with E-state index in [1.165, 1.54) is 5.56 Å². The normalized spacial score (nSPS) is 24.8. The van der Waals surface area contributed by atoms with Crippen molar-refractivity contribution in [3.63, 3.8) is 0 Å². The quantitative estimate of drug-likeness (QED) is 0.527. The summed E-state index contributed by atoms with van der Waals surface area (Å²) in [7, 11) is 0. The Labute approximate surface area is 189 Å². The molecule has 3 unspecified atom stereocenters. The van der Waals surface area contributed by atoms with Gasteiger partial charge in [0, 0.05) is 36.9 Å². The molecule has 168 valence electrons. The van der Waals surface area contributed by atoms with Crippen molar-refractivity contribution in [2.75, 3.05) is 18.4 Å². The van der Waals surface area contributed by atoms with Crippen LogP contribution in [0.15, 0.2) is 40.5 Å². The van der Waals surface area contributed by atoms with Crippen LogP contribution in [-0.4, -0.2) is 39.0 Å². The molecule has 2 aliphatic rings. The van der Waals surface area contributed by atoms with Crippen LogP contribution < -0.4 is 5.32 Å². The van der Waals surface area contributed by atoms with E-state index in [0.717, 1.165) is 53.9 Å². The van der Waals surface area contributed by atoms with Crippen molar-refractivity contribution in [1.82, 2.24) is 14.9 Å². The Kier molecular flexibility index (Phi) is 7.59. The molecular formula is C24H34N4O2S. The third-order valence-electron chi connectivity index (χ3n) is 6.11. The predicted octanol–water partition coefficient (Wildman–Crippen LogP) is 5.67. The molecule has 1 aromatic heterocycles. The molecule has 0 spiro atoms. The Bertz CT molecular complexity index is 922. The highest BCUT2D eigenvalue weighted by molar-refractivity contribution is 7.99. The second-order valence-electron chi connectivity index (χ2n) is 8.63. The lowest BCUT2D eigenvalue weighted by atomic mass is 9.65. The van der Waals surface area contributed by atoms with Crippen molar-refractivity contribution in [3.05, 3.63) is 36.2 Å². The Morgan fingerprint density at radius 3 is 2.77 bits per heavy atom. The maximum atomic E-state index is 11.9. The number of carbonyl (C=O) groups is 1. The number of nitrogens with zero attached hydrogens (tertiary/aromatic N) is 3. The van der Waals surface area contributed by atoms with Gasteiger partial charge in [-0.3, -0.25) is 9.69 Å². The van der Waals surface area contributed by atoms with E-state index < -0.39 is 5.97 Å². The van der Waals surface area contributed by atoms with Crippen LogP contribution in [0.3, 0.4) is 0 Å². The third kappa shape index (κ3) is 5.04. The molecular weight excluding hydrogens is 408 g/mol. The van der Waals surface area contributed by atoms with Gasteiger partial charge in [-0.25, -0.2) is 9.97 Å². The second kappa shape index (κ2) is 10.0. The molecule has 2 aliphatic heterocycles. The summed E-state index contributed by atoms with van der Waals surface area (Å²) < 4.78 is 0. The lowest BCUT2D eigenvalue weighted by molar-refractivity contribution is -0.154. The van der Waals surface area contributed by atoms with Crippen LogP contribution in [0.2, 0.25) is 0 Å². The Hall–Kier alpha value is -2.12. The zero-order valence-electron chi connectivity index (χ0n) is 19.2. The van der Waals surface area contributed by atoms with Crippen LogP contribution in [0.4, 0.5) is 11.5 Å². The van der Waals surface area contributed by atoms with Crippen molar-refractivity contribution in [1.29, 1.82) is 0 Å². The van der Waals surface area contributed by atoms with Gasteiger partial charge in [0.05, 0.1) is 11.6 Å². The van der Waals surface area contributed by atoms with E-state index in [0.29, 0.717) is 0 Å². The summed E-state index contributed by atoms with van der Waals surface area (Å²) in [5.74, 6) is -0.00178. The summed E-state index contributed by atoms with van der Waals surface area (Å²) in [6.07, 6.45) is 5.34. The van der Waals surface area contributed by atoms with Crippen molar-refractivity contribution in [2.45, 2.75) is 63.9 Å². The highest BCUT2D eigenvalue weighted by Crippen LogP contribution is 2.44. The monoisotopic (exact) mass is 442 g/mol. The number of aliphatic carboxylic acids is 1. The topological polar surface area (TPSA) is 78.3 Å². The molecule has 6 nitrogen and oxygen atoms in total. The molecule has 2 aromatic rings. The molecule has 3 heterocycles. The molecule has 0 aliphatic carbocycles. The highest BCUT2D eigenvalue weighted by Gasteiger charge is 2.46. The molecule has 4 rings (SSSR count). The summed E-state index contributed by atoms with van der Waals surface area (Å²) in [4.78, 5) is 24.3. The molecule has 1 fully saturated rings. The highest BCUT2D eigenvalue weighted by atomic mass is 32.2. The van der Waals surface area contributed by atoms with E-state index in [4.69, 9.17) is 0 Å². The third-order valence-corrected chi connectivity index (χ3v) is 7.18. The largest absolute Gasteiger partial charge is 0.481 e. The van der Waals surface area contributed by atoms with Crippen LogP contribution in [0.5, 0.6) is 0 Å². The first kappa shape index (κ1) is 23.5. The first-order chi connectivity index (χ1) is 14.9. The number of benzene rings is 1. The number of rotatable bonds is 5. The zero-order chi connectivity index (χ0) is 22.6. The number of hydrogen-bond donors (Lipinski definition) is 2. The van der Waals surface area contributed by atoms with E-state index in [2.05, 4.69) is 59.2 Å². The molecule has 0 amide bonds. The number of nitrogens with one attached hydrogen (secondary N) is 1. The molecule has 31 heavy (non-hydrogen) atoms. The van der Waals surface area contributed by atoms with E-state index in [1.807, 2.05) is 13.8 Å². The van der Waals surface area contributed by atoms with Crippen LogP contribution in [0, 0.1) is 17.3 Å². The number of aromatic nitrogens is 2. The molecule has 0 saturated carbocycles. The molecule has 7 heteroatoms. The summed E-state index contributed by atoms with van der Waals surface area (Å²) in [6.45, 7) is 12.8. The van der Waals surface area contributed by atoms with Crippen molar-refractivity contribution < 1.29 is 9.90 Å². The number of likely N-dealkylation sites (tertiary alicyclic amines) is 1. The van der Waals surface area contributed by atoms with Crippen LogP contribution in [-0.2, 0) is 11.3 Å². The van der Waals surface area contributed by atoms with E-state index in [1.54, 1.807) is 24.2 Å². The van der Waals surface area contributed by atoms with Gasteiger partial charge >= 0.3 is 5.97 Å². The Morgan fingerprint density at radius 2 is 2.06 bits per heavy atom. The van der Waals surface area contributed by atoms with Gasteiger partial charge in [-0.2, -0.15) is 0 Å². The van der Waals surface area contributed by atoms with Crippen LogP contribution >= 0.6 is 11.8 Å². The minimum atomic E-state index is -0.650. The SMILES string of the molecule is CC.CCCC1(C)CN(Cc2ccc3c(c2)Nc2nccnc2S3)CC(C)C1C(=O)O. The fourth-order valence-electron chi connectivity index (χ4n) is 5.18. The first-order valence-corrected chi connectivity index (χ1v) is 12.1. The van der Waals surface area contributed by atoms with Crippen molar-refractivity contribution in [2.24, 2.45) is 17.3 Å². The van der Waals surface area contributed by atoms with E-state index in [9.17, 15) is 9.90 Å². The maximum Gasteiger partial charge on any atom is 0.307 e. The standard InChI is InChI=1S/C22H28N4O2S.C2H6/c1-4-7-22(3)13-26(11-14(2)18(22)21(27)28)12-15-5-6-17-16(10-15)25-19-20(29-17)24-9-8-23-19;1-2/h5-6,8-10,14,18H,4,7,11-13H2,1-3H3,(H,23,25)(H,27,28);1-2H3. The van der Waals surface area contributed by atoms with Crippen LogP contribution in [0.25, 0.3) is 0 Å². The number of carboxylic acid groups (broad SMARTS) is 1. The van der Waals surface area contributed by atoms with Gasteiger partial charge in [0.2, 0.25) is 0 Å². The lowest BCUT2D eigenvalue weighted by Gasteiger charge is -2.48.